The number of piperidine rings is 2. The molecule has 0 aliphatic carbocycles. The van der Waals surface area contributed by atoms with Crippen molar-refractivity contribution in [3.8, 4) is 5.75 Å². The number of carbonyl (C=O) groups excluding carboxylic acids is 2. The van der Waals surface area contributed by atoms with Gasteiger partial charge in [0.1, 0.15) is 5.75 Å². The first kappa shape index (κ1) is 19.1. The van der Waals surface area contributed by atoms with Crippen molar-refractivity contribution in [2.24, 2.45) is 5.92 Å². The van der Waals surface area contributed by atoms with Crippen molar-refractivity contribution >= 4 is 17.5 Å². The molecule has 146 valence electrons. The molecule has 8 heteroatoms. The van der Waals surface area contributed by atoms with Crippen molar-refractivity contribution in [3.63, 3.8) is 0 Å². The van der Waals surface area contributed by atoms with Crippen LogP contribution in [0.15, 0.2) is 18.2 Å². The maximum atomic E-state index is 12.9. The Kier molecular flexibility index (Phi) is 5.93. The van der Waals surface area contributed by atoms with E-state index in [0.29, 0.717) is 31.7 Å². The Labute approximate surface area is 158 Å². The molecule has 0 spiro atoms. The lowest BCUT2D eigenvalue weighted by Gasteiger charge is -2.35. The van der Waals surface area contributed by atoms with Crippen molar-refractivity contribution in [1.29, 1.82) is 0 Å². The highest BCUT2D eigenvalue weighted by Crippen LogP contribution is 2.28. The molecule has 1 aromatic carbocycles. The molecule has 0 aromatic heterocycles. The zero-order chi connectivity index (χ0) is 19.4. The van der Waals surface area contributed by atoms with Gasteiger partial charge < -0.3 is 14.5 Å². The number of likely N-dealkylation sites (tertiary alicyclic amines) is 2. The van der Waals surface area contributed by atoms with Gasteiger partial charge in [-0.25, -0.2) is 0 Å². The Bertz CT molecular complexity index is 722. The fraction of sp³-hybridized carbons (Fsp3) is 0.579. The Hall–Kier alpha value is -2.64. The summed E-state index contributed by atoms with van der Waals surface area (Å²) >= 11 is 0. The van der Waals surface area contributed by atoms with Crippen LogP contribution in [0, 0.1) is 16.0 Å². The molecule has 0 radical (unpaired) electrons. The lowest BCUT2D eigenvalue weighted by atomic mass is 9.94. The average molecular weight is 375 g/mol. The summed E-state index contributed by atoms with van der Waals surface area (Å²) in [5.41, 5.74) is 0.0434. The molecule has 0 atom stereocenters. The summed E-state index contributed by atoms with van der Waals surface area (Å²) in [7, 11) is 1.43. The molecule has 2 heterocycles. The van der Waals surface area contributed by atoms with Crippen LogP contribution < -0.4 is 4.74 Å². The first-order valence-electron chi connectivity index (χ1n) is 9.41. The van der Waals surface area contributed by atoms with E-state index in [2.05, 4.69) is 0 Å². The number of hydrogen-bond donors (Lipinski definition) is 0. The number of rotatable bonds is 4. The predicted octanol–water partition coefficient (Wildman–Crippen LogP) is 2.47. The SMILES string of the molecule is COc1ccc([N+](=O)[O-])cc1C(=O)N1CCC(C(=O)N2CCCCC2)CC1. The maximum absolute atomic E-state index is 12.9. The van der Waals surface area contributed by atoms with Crippen LogP contribution in [-0.4, -0.2) is 59.8 Å². The maximum Gasteiger partial charge on any atom is 0.270 e. The van der Waals surface area contributed by atoms with E-state index in [-0.39, 0.29) is 29.0 Å². The number of ether oxygens (including phenoxy) is 1. The molecule has 2 aliphatic rings. The Morgan fingerprint density at radius 1 is 1.07 bits per heavy atom. The van der Waals surface area contributed by atoms with Crippen LogP contribution in [0.1, 0.15) is 42.5 Å². The van der Waals surface area contributed by atoms with Crippen LogP contribution >= 0.6 is 0 Å². The Balaban J connectivity index is 1.65. The van der Waals surface area contributed by atoms with E-state index in [1.165, 1.54) is 31.7 Å². The summed E-state index contributed by atoms with van der Waals surface area (Å²) in [6.45, 7) is 2.61. The van der Waals surface area contributed by atoms with Gasteiger partial charge in [0.05, 0.1) is 17.6 Å². The van der Waals surface area contributed by atoms with Gasteiger partial charge in [-0.15, -0.1) is 0 Å². The van der Waals surface area contributed by atoms with Crippen LogP contribution in [0.5, 0.6) is 5.75 Å². The van der Waals surface area contributed by atoms with Crippen molar-refractivity contribution in [1.82, 2.24) is 9.80 Å². The highest BCUT2D eigenvalue weighted by atomic mass is 16.6. The van der Waals surface area contributed by atoms with Crippen LogP contribution in [0.2, 0.25) is 0 Å². The summed E-state index contributed by atoms with van der Waals surface area (Å²) in [6.07, 6.45) is 4.56. The average Bonchev–Trinajstić information content (AvgIpc) is 2.73. The number of nitrogens with zero attached hydrogens (tertiary/aromatic N) is 3. The second-order valence-corrected chi connectivity index (χ2v) is 7.09. The van der Waals surface area contributed by atoms with E-state index in [1.807, 2.05) is 4.90 Å². The van der Waals surface area contributed by atoms with Crippen molar-refractivity contribution in [2.75, 3.05) is 33.3 Å². The van der Waals surface area contributed by atoms with Gasteiger partial charge in [-0.3, -0.25) is 19.7 Å². The molecule has 0 saturated carbocycles. The van der Waals surface area contributed by atoms with Gasteiger partial charge in [-0.2, -0.15) is 0 Å². The van der Waals surface area contributed by atoms with Crippen LogP contribution in [0.3, 0.4) is 0 Å². The molecule has 27 heavy (non-hydrogen) atoms. The minimum absolute atomic E-state index is 0.0424. The van der Waals surface area contributed by atoms with Gasteiger partial charge in [0, 0.05) is 44.2 Å². The summed E-state index contributed by atoms with van der Waals surface area (Å²) < 4.78 is 5.20. The fourth-order valence-electron chi connectivity index (χ4n) is 3.85. The third-order valence-electron chi connectivity index (χ3n) is 5.42. The second-order valence-electron chi connectivity index (χ2n) is 7.09. The number of nitro groups is 1. The molecule has 8 nitrogen and oxygen atoms in total. The highest BCUT2D eigenvalue weighted by Gasteiger charge is 2.32. The molecule has 2 fully saturated rings. The van der Waals surface area contributed by atoms with E-state index in [1.54, 1.807) is 4.90 Å². The van der Waals surface area contributed by atoms with Gasteiger partial charge >= 0.3 is 0 Å². The third kappa shape index (κ3) is 4.20. The minimum atomic E-state index is -0.528. The fourth-order valence-corrected chi connectivity index (χ4v) is 3.85. The lowest BCUT2D eigenvalue weighted by molar-refractivity contribution is -0.384. The van der Waals surface area contributed by atoms with Crippen LogP contribution in [0.4, 0.5) is 5.69 Å². The molecular formula is C19H25N3O5. The highest BCUT2D eigenvalue weighted by molar-refractivity contribution is 5.97. The summed E-state index contributed by atoms with van der Waals surface area (Å²) in [5, 5.41) is 11.0. The zero-order valence-electron chi connectivity index (χ0n) is 15.6. The van der Waals surface area contributed by atoms with E-state index in [9.17, 15) is 19.7 Å². The molecule has 0 bridgehead atoms. The van der Waals surface area contributed by atoms with Crippen molar-refractivity contribution in [2.45, 2.75) is 32.1 Å². The molecule has 2 saturated heterocycles. The molecule has 0 N–H and O–H groups in total. The third-order valence-corrected chi connectivity index (χ3v) is 5.42. The van der Waals surface area contributed by atoms with Crippen LogP contribution in [-0.2, 0) is 4.79 Å². The minimum Gasteiger partial charge on any atom is -0.496 e. The monoisotopic (exact) mass is 375 g/mol. The largest absolute Gasteiger partial charge is 0.496 e. The second kappa shape index (κ2) is 8.37. The Morgan fingerprint density at radius 2 is 1.74 bits per heavy atom. The molecular weight excluding hydrogens is 350 g/mol. The van der Waals surface area contributed by atoms with Crippen molar-refractivity contribution in [3.05, 3.63) is 33.9 Å². The first-order valence-corrected chi connectivity index (χ1v) is 9.41. The Morgan fingerprint density at radius 3 is 2.33 bits per heavy atom. The van der Waals surface area contributed by atoms with Gasteiger partial charge in [0.15, 0.2) is 0 Å². The van der Waals surface area contributed by atoms with E-state index < -0.39 is 4.92 Å². The lowest BCUT2D eigenvalue weighted by Crippen LogP contribution is -2.45. The summed E-state index contributed by atoms with van der Waals surface area (Å²) in [4.78, 5) is 39.6. The summed E-state index contributed by atoms with van der Waals surface area (Å²) in [5.74, 6) is 0.186. The van der Waals surface area contributed by atoms with Gasteiger partial charge in [-0.05, 0) is 38.2 Å². The summed E-state index contributed by atoms with van der Waals surface area (Å²) in [6, 6.07) is 4.02. The molecule has 1 aromatic rings. The zero-order valence-corrected chi connectivity index (χ0v) is 15.6. The quantitative estimate of drug-likeness (QED) is 0.595. The van der Waals surface area contributed by atoms with E-state index in [0.717, 1.165) is 25.9 Å². The smallest absolute Gasteiger partial charge is 0.270 e. The number of amides is 2. The topological polar surface area (TPSA) is 93.0 Å². The molecule has 2 aliphatic heterocycles. The van der Waals surface area contributed by atoms with E-state index in [4.69, 9.17) is 4.74 Å². The van der Waals surface area contributed by atoms with E-state index >= 15 is 0 Å². The first-order chi connectivity index (χ1) is 13.0. The number of non-ortho nitro benzene ring substituents is 1. The van der Waals surface area contributed by atoms with Gasteiger partial charge in [0.25, 0.3) is 11.6 Å². The number of methoxy groups -OCH3 is 1. The number of benzene rings is 1. The molecule has 0 unspecified atom stereocenters. The van der Waals surface area contributed by atoms with Gasteiger partial charge in [0.2, 0.25) is 5.91 Å². The van der Waals surface area contributed by atoms with Gasteiger partial charge in [-0.1, -0.05) is 0 Å². The predicted molar refractivity (Wildman–Crippen MR) is 98.7 cm³/mol. The van der Waals surface area contributed by atoms with Crippen LogP contribution in [0.25, 0.3) is 0 Å². The number of hydrogen-bond acceptors (Lipinski definition) is 5. The number of nitro benzene ring substituents is 1. The normalized spacial score (nSPS) is 18.3. The molecule has 2 amide bonds. The standard InChI is InChI=1S/C19H25N3O5/c1-27-17-6-5-15(22(25)26)13-16(17)19(24)21-11-7-14(8-12-21)18(23)20-9-3-2-4-10-20/h5-6,13-14H,2-4,7-12H2,1H3. The number of carbonyl (C=O) groups is 2. The molecule has 3 rings (SSSR count). The van der Waals surface area contributed by atoms with Crippen molar-refractivity contribution < 1.29 is 19.2 Å².